The third-order valence-electron chi connectivity index (χ3n) is 3.25. The molecule has 0 amide bonds. The van der Waals surface area contributed by atoms with Gasteiger partial charge in [-0.05, 0) is 0 Å². The molecule has 0 atom stereocenters. The molecule has 0 saturated heterocycles. The van der Waals surface area contributed by atoms with Crippen LogP contribution in [0.3, 0.4) is 0 Å². The van der Waals surface area contributed by atoms with Crippen molar-refractivity contribution in [2.75, 3.05) is 0 Å². The Morgan fingerprint density at radius 3 is 0.444 bits per heavy atom. The predicted octanol–water partition coefficient (Wildman–Crippen LogP) is 7.08. The Hall–Kier alpha value is 2.28. The minimum Gasteiger partial charge on any atom is -0.0721 e. The largest absolute Gasteiger partial charge is 0.0721 e. The summed E-state index contributed by atoms with van der Waals surface area (Å²) in [7, 11) is -3.52. The van der Waals surface area contributed by atoms with E-state index < -0.39 is 30.4 Å². The Labute approximate surface area is 196 Å². The molecule has 0 saturated carbocycles. The summed E-state index contributed by atoms with van der Waals surface area (Å²) < 4.78 is 0. The minimum atomic E-state index is -0.926. The molecule has 0 aromatic heterocycles. The molecule has 0 unspecified atom stereocenters. The summed E-state index contributed by atoms with van der Waals surface area (Å²) in [5.41, 5.74) is 0. The SMILES string of the molecule is C[Si](C)(C)[Si]([Si]([Si](C)(C)C)[Si](C)(C)C)[Si](C)(C)C.C[Si](C)C.C[Si](C)C.[Ge]. The second-order valence-electron chi connectivity index (χ2n) is 12.8. The molecular formula is C18H54GeSi8. The summed E-state index contributed by atoms with van der Waals surface area (Å²) >= 11 is 0. The summed E-state index contributed by atoms with van der Waals surface area (Å²) in [4.78, 5) is 0. The number of rotatable bonds is 5. The fourth-order valence-electron chi connectivity index (χ4n) is 3.75. The Morgan fingerprint density at radius 1 is 0.333 bits per heavy atom. The number of hydrogen-bond donors (Lipinski definition) is 0. The Balaban J connectivity index is -0.000000247. The van der Waals surface area contributed by atoms with Gasteiger partial charge in [-0.3, -0.25) is 0 Å². The summed E-state index contributed by atoms with van der Waals surface area (Å²) in [5, 5.41) is 0. The van der Waals surface area contributed by atoms with Gasteiger partial charge in [0.25, 0.3) is 0 Å². The van der Waals surface area contributed by atoms with Crippen LogP contribution in [0.15, 0.2) is 0 Å². The molecule has 0 aliphatic carbocycles. The van der Waals surface area contributed by atoms with Crippen molar-refractivity contribution in [1.82, 2.24) is 0 Å². The molecule has 0 bridgehead atoms. The van der Waals surface area contributed by atoms with Crippen LogP contribution in [0.5, 0.6) is 0 Å². The molecule has 0 fully saturated rings. The van der Waals surface area contributed by atoms with Crippen LogP contribution < -0.4 is 0 Å². The smallest absolute Gasteiger partial charge is 0.0379 e. The van der Waals surface area contributed by atoms with E-state index in [2.05, 4.69) is 118 Å². The maximum atomic E-state index is 2.70. The van der Waals surface area contributed by atoms with Crippen molar-refractivity contribution in [3.63, 3.8) is 0 Å². The maximum absolute atomic E-state index is 2.70. The summed E-state index contributed by atoms with van der Waals surface area (Å²) in [6.07, 6.45) is 0. The molecule has 27 heavy (non-hydrogen) atoms. The summed E-state index contributed by atoms with van der Waals surface area (Å²) in [6, 6.07) is 0. The zero-order valence-corrected chi connectivity index (χ0v) is 32.6. The van der Waals surface area contributed by atoms with Crippen LogP contribution in [0.1, 0.15) is 0 Å². The molecule has 0 rings (SSSR count). The Bertz CT molecular complexity index is 290. The third kappa shape index (κ3) is 21.3. The zero-order chi connectivity index (χ0) is 22.3. The standard InChI is InChI=1S/C12H36Si6.2C3H9Si.Ge/c1-15(2,3)13(16(4,5)6)14(17(7,8)9)18(10,11)12;2*1-4(2)3;/h1-12H3;2*1-3H3;. The van der Waals surface area contributed by atoms with Crippen LogP contribution >= 0.6 is 0 Å². The second kappa shape index (κ2) is 14.4. The van der Waals surface area contributed by atoms with Crippen molar-refractivity contribution in [1.29, 1.82) is 0 Å². The van der Waals surface area contributed by atoms with Gasteiger partial charge in [0, 0.05) is 80.3 Å². The van der Waals surface area contributed by atoms with Gasteiger partial charge in [0.1, 0.15) is 0 Å². The molecule has 0 aliphatic rings. The molecule has 0 N–H and O–H groups in total. The average molecular weight is 568 g/mol. The molecule has 9 heteroatoms. The van der Waals surface area contributed by atoms with E-state index in [4.69, 9.17) is 0 Å². The van der Waals surface area contributed by atoms with Crippen LogP contribution in [0.25, 0.3) is 0 Å². The van der Waals surface area contributed by atoms with Crippen LogP contribution in [0.4, 0.5) is 0 Å². The van der Waals surface area contributed by atoms with Crippen molar-refractivity contribution >= 4 is 80.3 Å². The Kier molecular flexibility index (Phi) is 19.5. The van der Waals surface area contributed by atoms with Gasteiger partial charge in [-0.15, -0.1) is 0 Å². The fraction of sp³-hybridized carbons (Fsp3) is 1.00. The first-order chi connectivity index (χ1) is 11.0. The normalized spacial score (nSPS) is 13.1. The van der Waals surface area contributed by atoms with E-state index in [9.17, 15) is 0 Å². The first kappa shape index (κ1) is 36.6. The van der Waals surface area contributed by atoms with E-state index >= 15 is 0 Å². The zero-order valence-electron chi connectivity index (χ0n) is 22.5. The van der Waals surface area contributed by atoms with Gasteiger partial charge in [0.15, 0.2) is 0 Å². The maximum Gasteiger partial charge on any atom is 0.0379 e. The van der Waals surface area contributed by atoms with E-state index in [1.807, 2.05) is 0 Å². The third-order valence-corrected chi connectivity index (χ3v) is 101. The van der Waals surface area contributed by atoms with Gasteiger partial charge in [-0.25, -0.2) is 0 Å². The minimum absolute atomic E-state index is 0. The predicted molar refractivity (Wildman–Crippen MR) is 157 cm³/mol. The van der Waals surface area contributed by atoms with Gasteiger partial charge < -0.3 is 0 Å². The fourth-order valence-corrected chi connectivity index (χ4v) is 182. The number of hydrogen-bond acceptors (Lipinski definition) is 0. The van der Waals surface area contributed by atoms with Crippen LogP contribution in [0.2, 0.25) is 118 Å². The quantitative estimate of drug-likeness (QED) is 0.312. The van der Waals surface area contributed by atoms with E-state index in [0.717, 1.165) is 0 Å². The van der Waals surface area contributed by atoms with Crippen LogP contribution in [-0.4, -0.2) is 80.3 Å². The van der Waals surface area contributed by atoms with Gasteiger partial charge in [0.05, 0.1) is 0 Å². The van der Waals surface area contributed by atoms with Crippen molar-refractivity contribution in [3.05, 3.63) is 0 Å². The van der Waals surface area contributed by atoms with Gasteiger partial charge >= 0.3 is 0 Å². The molecule has 0 aliphatic heterocycles. The van der Waals surface area contributed by atoms with Crippen molar-refractivity contribution in [2.45, 2.75) is 118 Å². The monoisotopic (exact) mass is 568 g/mol. The van der Waals surface area contributed by atoms with E-state index in [0.29, 0.717) is 0 Å². The first-order valence-electron chi connectivity index (χ1n) is 10.2. The van der Waals surface area contributed by atoms with Gasteiger partial charge in [-0.2, -0.15) is 0 Å². The van der Waals surface area contributed by atoms with Crippen molar-refractivity contribution in [2.24, 2.45) is 0 Å². The van der Waals surface area contributed by atoms with Crippen molar-refractivity contribution in [3.8, 4) is 0 Å². The van der Waals surface area contributed by atoms with E-state index in [1.54, 1.807) is 0 Å². The topological polar surface area (TPSA) is 0 Å². The summed E-state index contributed by atoms with van der Waals surface area (Å²) in [5.74, 6) is 0. The van der Waals surface area contributed by atoms with Crippen LogP contribution in [0, 0.1) is 0 Å². The molecule has 8 radical (unpaired) electrons. The molecular weight excluding hydrogens is 513 g/mol. The first-order valence-corrected chi connectivity index (χ1v) is 38.2. The average Bonchev–Trinajstić information content (AvgIpc) is 2.16. The van der Waals surface area contributed by atoms with E-state index in [1.165, 1.54) is 0 Å². The molecule has 0 heterocycles. The molecule has 0 nitrogen and oxygen atoms in total. The Morgan fingerprint density at radius 2 is 0.407 bits per heavy atom. The van der Waals surface area contributed by atoms with Crippen LogP contribution in [-0.2, 0) is 0 Å². The molecule has 0 aromatic carbocycles. The van der Waals surface area contributed by atoms with Gasteiger partial charge in [0.2, 0.25) is 0 Å². The van der Waals surface area contributed by atoms with Gasteiger partial charge in [-0.1, -0.05) is 118 Å². The van der Waals surface area contributed by atoms with Crippen molar-refractivity contribution < 1.29 is 0 Å². The molecule has 0 spiro atoms. The molecule has 162 valence electrons. The molecule has 0 aromatic rings. The van der Waals surface area contributed by atoms with E-state index in [-0.39, 0.29) is 49.9 Å². The second-order valence-corrected chi connectivity index (χ2v) is 74.2. The summed E-state index contributed by atoms with van der Waals surface area (Å²) in [6.45, 7) is 46.0.